The lowest BCUT2D eigenvalue weighted by Gasteiger charge is -2.15. The first-order valence-corrected chi connectivity index (χ1v) is 8.31. The number of esters is 1. The molecule has 0 aliphatic heterocycles. The zero-order valence-electron chi connectivity index (χ0n) is 13.1. The maximum Gasteiger partial charge on any atom is 0.338 e. The lowest BCUT2D eigenvalue weighted by atomic mass is 10.1. The second-order valence-corrected chi connectivity index (χ2v) is 6.36. The molecule has 25 heavy (non-hydrogen) atoms. The van der Waals surface area contributed by atoms with Crippen LogP contribution >= 0.6 is 34.8 Å². The van der Waals surface area contributed by atoms with Crippen LogP contribution in [0.5, 0.6) is 0 Å². The molecule has 0 unspecified atom stereocenters. The number of aliphatic hydroxyl groups excluding tert-OH is 1. The van der Waals surface area contributed by atoms with Crippen molar-refractivity contribution >= 4 is 52.4 Å². The van der Waals surface area contributed by atoms with E-state index < -0.39 is 18.0 Å². The molecule has 1 amide bonds. The Hall–Kier alpha value is -1.79. The van der Waals surface area contributed by atoms with Crippen LogP contribution in [0.3, 0.4) is 0 Å². The molecule has 2 N–H and O–H groups in total. The van der Waals surface area contributed by atoms with Gasteiger partial charge in [-0.1, -0.05) is 46.9 Å². The predicted molar refractivity (Wildman–Crippen MR) is 97.3 cm³/mol. The number of halogens is 3. The fourth-order valence-corrected chi connectivity index (χ4v) is 2.48. The Morgan fingerprint density at radius 1 is 1.08 bits per heavy atom. The Labute approximate surface area is 159 Å². The lowest BCUT2D eigenvalue weighted by molar-refractivity contribution is -0.123. The predicted octanol–water partition coefficient (Wildman–Crippen LogP) is 4.32. The van der Waals surface area contributed by atoms with E-state index >= 15 is 0 Å². The normalized spacial score (nSPS) is 11.7. The van der Waals surface area contributed by atoms with Crippen molar-refractivity contribution in [2.24, 2.45) is 0 Å². The monoisotopic (exact) mass is 401 g/mol. The van der Waals surface area contributed by atoms with E-state index in [4.69, 9.17) is 44.6 Å². The van der Waals surface area contributed by atoms with Crippen LogP contribution in [0.25, 0.3) is 0 Å². The number of rotatable bonds is 5. The quantitative estimate of drug-likeness (QED) is 0.577. The van der Waals surface area contributed by atoms with Crippen molar-refractivity contribution in [2.75, 3.05) is 5.32 Å². The second kappa shape index (κ2) is 8.54. The summed E-state index contributed by atoms with van der Waals surface area (Å²) < 4.78 is 5.12. The van der Waals surface area contributed by atoms with Gasteiger partial charge in [-0.2, -0.15) is 0 Å². The minimum Gasteiger partial charge on any atom is -0.449 e. The van der Waals surface area contributed by atoms with Crippen molar-refractivity contribution in [3.05, 3.63) is 62.6 Å². The molecular weight excluding hydrogens is 389 g/mol. The van der Waals surface area contributed by atoms with Gasteiger partial charge in [-0.3, -0.25) is 4.79 Å². The number of anilines is 1. The van der Waals surface area contributed by atoms with Crippen LogP contribution in [0.1, 0.15) is 22.8 Å². The van der Waals surface area contributed by atoms with Crippen LogP contribution in [-0.4, -0.2) is 23.1 Å². The molecule has 0 aliphatic carbocycles. The number of hydrogen-bond acceptors (Lipinski definition) is 4. The third kappa shape index (κ3) is 5.09. The molecule has 132 valence electrons. The zero-order valence-corrected chi connectivity index (χ0v) is 15.3. The first-order chi connectivity index (χ1) is 11.8. The van der Waals surface area contributed by atoms with Crippen LogP contribution in [0.4, 0.5) is 5.69 Å². The summed E-state index contributed by atoms with van der Waals surface area (Å²) in [6.07, 6.45) is -1.06. The molecule has 2 aromatic carbocycles. The van der Waals surface area contributed by atoms with E-state index in [2.05, 4.69) is 5.32 Å². The molecule has 0 heterocycles. The summed E-state index contributed by atoms with van der Waals surface area (Å²) in [4.78, 5) is 24.2. The molecule has 2 rings (SSSR count). The van der Waals surface area contributed by atoms with E-state index in [-0.39, 0.29) is 32.9 Å². The van der Waals surface area contributed by atoms with Crippen molar-refractivity contribution in [1.29, 1.82) is 0 Å². The number of carbonyl (C=O) groups is 2. The molecule has 1 atom stereocenters. The Morgan fingerprint density at radius 3 is 2.28 bits per heavy atom. The van der Waals surface area contributed by atoms with Gasteiger partial charge in [0.1, 0.15) is 0 Å². The van der Waals surface area contributed by atoms with Gasteiger partial charge in [0.25, 0.3) is 5.91 Å². The average Bonchev–Trinajstić information content (AvgIpc) is 2.59. The maximum atomic E-state index is 12.2. The fraction of sp³-hybridized carbons (Fsp3) is 0.176. The minimum absolute atomic E-state index is 0.126. The number of amides is 1. The zero-order chi connectivity index (χ0) is 18.6. The van der Waals surface area contributed by atoms with Crippen LogP contribution in [-0.2, 0) is 16.1 Å². The van der Waals surface area contributed by atoms with E-state index in [1.165, 1.54) is 31.2 Å². The molecular formula is C17H14Cl3NO4. The molecule has 8 heteroatoms. The highest BCUT2D eigenvalue weighted by molar-refractivity contribution is 6.44. The summed E-state index contributed by atoms with van der Waals surface area (Å²) in [5.41, 5.74) is 1.19. The summed E-state index contributed by atoms with van der Waals surface area (Å²) in [7, 11) is 0. The smallest absolute Gasteiger partial charge is 0.338 e. The van der Waals surface area contributed by atoms with Gasteiger partial charge in [0.2, 0.25) is 0 Å². The van der Waals surface area contributed by atoms with Crippen molar-refractivity contribution in [3.63, 3.8) is 0 Å². The highest BCUT2D eigenvalue weighted by Crippen LogP contribution is 2.32. The molecule has 2 aromatic rings. The van der Waals surface area contributed by atoms with E-state index in [1.807, 2.05) is 0 Å². The molecule has 0 saturated carbocycles. The number of nitrogens with one attached hydrogen (secondary N) is 1. The number of aliphatic hydroxyl groups is 1. The third-order valence-electron chi connectivity index (χ3n) is 3.29. The number of benzene rings is 2. The van der Waals surface area contributed by atoms with Crippen molar-refractivity contribution < 1.29 is 19.4 Å². The molecule has 0 bridgehead atoms. The van der Waals surface area contributed by atoms with E-state index in [1.54, 1.807) is 12.1 Å². The Bertz CT molecular complexity index is 793. The largest absolute Gasteiger partial charge is 0.449 e. The van der Waals surface area contributed by atoms with Gasteiger partial charge in [0.15, 0.2) is 6.10 Å². The summed E-state index contributed by atoms with van der Waals surface area (Å²) >= 11 is 17.7. The van der Waals surface area contributed by atoms with Gasteiger partial charge in [0.05, 0.1) is 32.9 Å². The summed E-state index contributed by atoms with van der Waals surface area (Å²) in [6, 6.07) is 9.02. The van der Waals surface area contributed by atoms with Gasteiger partial charge in [-0.05, 0) is 36.8 Å². The third-order valence-corrected chi connectivity index (χ3v) is 4.33. The maximum absolute atomic E-state index is 12.2. The molecule has 0 saturated heterocycles. The Balaban J connectivity index is 2.02. The highest BCUT2D eigenvalue weighted by atomic mass is 35.5. The average molecular weight is 403 g/mol. The topological polar surface area (TPSA) is 75.6 Å². The van der Waals surface area contributed by atoms with Crippen molar-refractivity contribution in [2.45, 2.75) is 19.6 Å². The Kier molecular flexibility index (Phi) is 6.67. The van der Waals surface area contributed by atoms with Crippen molar-refractivity contribution in [1.82, 2.24) is 0 Å². The number of carbonyl (C=O) groups excluding carboxylic acids is 2. The van der Waals surface area contributed by atoms with Gasteiger partial charge < -0.3 is 15.2 Å². The first-order valence-electron chi connectivity index (χ1n) is 7.18. The van der Waals surface area contributed by atoms with Gasteiger partial charge in [-0.15, -0.1) is 0 Å². The molecule has 0 aromatic heterocycles. The molecule has 0 spiro atoms. The Morgan fingerprint density at radius 2 is 1.68 bits per heavy atom. The standard InChI is InChI=1S/C17H14Cl3NO4/c1-9(25-17(24)11-4-2-10(8-22)3-5-11)16(23)21-15-7-13(19)12(18)6-14(15)20/h2-7,9,22H,8H2,1H3,(H,21,23)/t9-/m1/s1. The second-order valence-electron chi connectivity index (χ2n) is 5.14. The molecule has 5 nitrogen and oxygen atoms in total. The molecule has 0 fully saturated rings. The van der Waals surface area contributed by atoms with Gasteiger partial charge >= 0.3 is 5.97 Å². The van der Waals surface area contributed by atoms with Crippen LogP contribution in [0, 0.1) is 0 Å². The van der Waals surface area contributed by atoms with E-state index in [0.717, 1.165) is 0 Å². The van der Waals surface area contributed by atoms with Crippen LogP contribution in [0.15, 0.2) is 36.4 Å². The lowest BCUT2D eigenvalue weighted by Crippen LogP contribution is -2.30. The van der Waals surface area contributed by atoms with Gasteiger partial charge in [-0.25, -0.2) is 4.79 Å². The van der Waals surface area contributed by atoms with Crippen LogP contribution < -0.4 is 5.32 Å². The number of ether oxygens (including phenoxy) is 1. The SMILES string of the molecule is C[C@@H](OC(=O)c1ccc(CO)cc1)C(=O)Nc1cc(Cl)c(Cl)cc1Cl. The van der Waals surface area contributed by atoms with E-state index in [9.17, 15) is 9.59 Å². The van der Waals surface area contributed by atoms with Crippen molar-refractivity contribution in [3.8, 4) is 0 Å². The van der Waals surface area contributed by atoms with Crippen LogP contribution in [0.2, 0.25) is 15.1 Å². The highest BCUT2D eigenvalue weighted by Gasteiger charge is 2.20. The minimum atomic E-state index is -1.06. The molecule has 0 radical (unpaired) electrons. The summed E-state index contributed by atoms with van der Waals surface area (Å²) in [5.74, 6) is -1.23. The number of hydrogen-bond donors (Lipinski definition) is 2. The van der Waals surface area contributed by atoms with Gasteiger partial charge in [0, 0.05) is 0 Å². The summed E-state index contributed by atoms with van der Waals surface area (Å²) in [6.45, 7) is 1.30. The first kappa shape index (κ1) is 19.5. The summed E-state index contributed by atoms with van der Waals surface area (Å²) in [5, 5.41) is 12.2. The fourth-order valence-electron chi connectivity index (χ4n) is 1.88. The molecule has 0 aliphatic rings. The van der Waals surface area contributed by atoms with E-state index in [0.29, 0.717) is 5.56 Å².